The maximum atomic E-state index is 11.1. The number of aliphatic imine (C=N–C) groups is 1. The standard InChI is InChI=1S/C17H17NO3S/c1-20-16(19)8-4-6-13-9-10-17(21-13)22-15-11-12-5-2-3-7-14(12)18-15/h2-3,5,7,9-10H,4,6,8,11H2,1H3. The van der Waals surface area contributed by atoms with Crippen molar-refractivity contribution in [1.82, 2.24) is 0 Å². The molecule has 1 aliphatic rings. The summed E-state index contributed by atoms with van der Waals surface area (Å²) in [5, 5.41) is 1.90. The number of carbonyl (C=O) groups is 1. The molecule has 3 rings (SSSR count). The molecule has 0 bridgehead atoms. The van der Waals surface area contributed by atoms with Crippen LogP contribution in [0.2, 0.25) is 0 Å². The Hall–Kier alpha value is -2.01. The minimum atomic E-state index is -0.181. The number of rotatable bonds is 5. The van der Waals surface area contributed by atoms with Gasteiger partial charge in [-0.3, -0.25) is 4.79 Å². The number of nitrogens with zero attached hydrogens (tertiary/aromatic N) is 1. The lowest BCUT2D eigenvalue weighted by molar-refractivity contribution is -0.140. The van der Waals surface area contributed by atoms with Crippen molar-refractivity contribution in [3.63, 3.8) is 0 Å². The van der Waals surface area contributed by atoms with E-state index >= 15 is 0 Å². The van der Waals surface area contributed by atoms with Gasteiger partial charge < -0.3 is 9.15 Å². The van der Waals surface area contributed by atoms with Gasteiger partial charge in [0.1, 0.15) is 5.76 Å². The number of esters is 1. The Morgan fingerprint density at radius 1 is 1.32 bits per heavy atom. The molecule has 0 fully saturated rings. The van der Waals surface area contributed by atoms with Gasteiger partial charge in [0.15, 0.2) is 5.09 Å². The van der Waals surface area contributed by atoms with Gasteiger partial charge in [0.2, 0.25) is 0 Å². The third-order valence-electron chi connectivity index (χ3n) is 3.47. The summed E-state index contributed by atoms with van der Waals surface area (Å²) in [6.07, 6.45) is 2.75. The molecule has 2 aromatic rings. The summed E-state index contributed by atoms with van der Waals surface area (Å²) in [7, 11) is 1.41. The Kier molecular flexibility index (Phi) is 4.63. The van der Waals surface area contributed by atoms with E-state index < -0.39 is 0 Å². The SMILES string of the molecule is COC(=O)CCCc1ccc(SC2=Nc3ccccc3C2)o1. The van der Waals surface area contributed by atoms with Crippen LogP contribution in [-0.4, -0.2) is 18.1 Å². The average molecular weight is 315 g/mol. The number of hydrogen-bond donors (Lipinski definition) is 0. The highest BCUT2D eigenvalue weighted by Gasteiger charge is 2.16. The Morgan fingerprint density at radius 3 is 3.00 bits per heavy atom. The van der Waals surface area contributed by atoms with Crippen LogP contribution in [-0.2, 0) is 22.4 Å². The summed E-state index contributed by atoms with van der Waals surface area (Å²) >= 11 is 1.56. The first-order chi connectivity index (χ1) is 10.7. The van der Waals surface area contributed by atoms with E-state index in [9.17, 15) is 4.79 Å². The molecule has 0 N–H and O–H groups in total. The molecule has 0 spiro atoms. The predicted molar refractivity (Wildman–Crippen MR) is 86.8 cm³/mol. The lowest BCUT2D eigenvalue weighted by atomic mass is 10.2. The second-order valence-electron chi connectivity index (χ2n) is 5.06. The van der Waals surface area contributed by atoms with Crippen LogP contribution in [0.3, 0.4) is 0 Å². The van der Waals surface area contributed by atoms with Gasteiger partial charge in [-0.15, -0.1) is 0 Å². The summed E-state index contributed by atoms with van der Waals surface area (Å²) in [4.78, 5) is 15.7. The lowest BCUT2D eigenvalue weighted by Crippen LogP contribution is -2.00. The van der Waals surface area contributed by atoms with Crippen molar-refractivity contribution >= 4 is 28.5 Å². The third-order valence-corrected chi connectivity index (χ3v) is 4.36. The molecular weight excluding hydrogens is 298 g/mol. The highest BCUT2D eigenvalue weighted by molar-refractivity contribution is 8.13. The number of thioether (sulfide) groups is 1. The molecule has 22 heavy (non-hydrogen) atoms. The summed E-state index contributed by atoms with van der Waals surface area (Å²) in [5.41, 5.74) is 2.31. The van der Waals surface area contributed by atoms with Crippen LogP contribution in [0.5, 0.6) is 0 Å². The van der Waals surface area contributed by atoms with Gasteiger partial charge >= 0.3 is 5.97 Å². The van der Waals surface area contributed by atoms with Crippen LogP contribution in [0.4, 0.5) is 5.69 Å². The lowest BCUT2D eigenvalue weighted by Gasteiger charge is -1.98. The predicted octanol–water partition coefficient (Wildman–Crippen LogP) is 4.15. The number of benzene rings is 1. The van der Waals surface area contributed by atoms with E-state index in [2.05, 4.69) is 15.8 Å². The van der Waals surface area contributed by atoms with E-state index in [4.69, 9.17) is 4.42 Å². The van der Waals surface area contributed by atoms with Crippen molar-refractivity contribution in [2.24, 2.45) is 4.99 Å². The second-order valence-corrected chi connectivity index (χ2v) is 6.14. The largest absolute Gasteiger partial charge is 0.469 e. The summed E-state index contributed by atoms with van der Waals surface area (Å²) in [5.74, 6) is 0.710. The molecule has 0 saturated heterocycles. The first kappa shape index (κ1) is 14.9. The molecule has 114 valence electrons. The molecule has 5 heteroatoms. The first-order valence-corrected chi connectivity index (χ1v) is 8.05. The molecule has 1 aliphatic heterocycles. The smallest absolute Gasteiger partial charge is 0.305 e. The number of hydrogen-bond acceptors (Lipinski definition) is 5. The van der Waals surface area contributed by atoms with Gasteiger partial charge in [-0.1, -0.05) is 18.2 Å². The minimum absolute atomic E-state index is 0.181. The van der Waals surface area contributed by atoms with Gasteiger partial charge in [-0.25, -0.2) is 4.99 Å². The van der Waals surface area contributed by atoms with Gasteiger partial charge in [0.05, 0.1) is 17.8 Å². The van der Waals surface area contributed by atoms with Crippen molar-refractivity contribution in [2.45, 2.75) is 30.8 Å². The van der Waals surface area contributed by atoms with E-state index in [1.165, 1.54) is 12.7 Å². The number of methoxy groups -OCH3 is 1. The molecule has 1 aromatic carbocycles. The minimum Gasteiger partial charge on any atom is -0.469 e. The van der Waals surface area contributed by atoms with Gasteiger partial charge in [-0.05, 0) is 41.9 Å². The molecule has 1 aromatic heterocycles. The molecule has 0 unspecified atom stereocenters. The van der Waals surface area contributed by atoms with Gasteiger partial charge in [0, 0.05) is 19.3 Å². The normalized spacial score (nSPS) is 12.9. The number of para-hydroxylation sites is 1. The zero-order chi connectivity index (χ0) is 15.4. The van der Waals surface area contributed by atoms with E-state index in [0.29, 0.717) is 6.42 Å². The first-order valence-electron chi connectivity index (χ1n) is 7.23. The number of ether oxygens (including phenoxy) is 1. The van der Waals surface area contributed by atoms with Crippen molar-refractivity contribution in [3.05, 3.63) is 47.7 Å². The van der Waals surface area contributed by atoms with Crippen molar-refractivity contribution in [1.29, 1.82) is 0 Å². The second kappa shape index (κ2) is 6.83. The summed E-state index contributed by atoms with van der Waals surface area (Å²) < 4.78 is 10.4. The van der Waals surface area contributed by atoms with Crippen molar-refractivity contribution < 1.29 is 13.9 Å². The topological polar surface area (TPSA) is 51.8 Å². The molecule has 0 amide bonds. The maximum absolute atomic E-state index is 11.1. The van der Waals surface area contributed by atoms with E-state index in [-0.39, 0.29) is 5.97 Å². The van der Waals surface area contributed by atoms with E-state index in [1.54, 1.807) is 11.8 Å². The summed E-state index contributed by atoms with van der Waals surface area (Å²) in [6, 6.07) is 12.1. The fourth-order valence-electron chi connectivity index (χ4n) is 2.34. The molecular formula is C17H17NO3S. The quantitative estimate of drug-likeness (QED) is 0.778. The van der Waals surface area contributed by atoms with Gasteiger partial charge in [-0.2, -0.15) is 0 Å². The molecule has 2 heterocycles. The highest BCUT2D eigenvalue weighted by atomic mass is 32.2. The molecule has 0 saturated carbocycles. The fourth-order valence-corrected chi connectivity index (χ4v) is 3.23. The zero-order valence-corrected chi connectivity index (χ0v) is 13.2. The average Bonchev–Trinajstić information content (AvgIpc) is 3.13. The van der Waals surface area contributed by atoms with E-state index in [0.717, 1.165) is 40.8 Å². The van der Waals surface area contributed by atoms with Crippen molar-refractivity contribution in [3.8, 4) is 0 Å². The number of fused-ring (bicyclic) bond motifs is 1. The van der Waals surface area contributed by atoms with Crippen LogP contribution in [0.1, 0.15) is 24.2 Å². The van der Waals surface area contributed by atoms with Crippen LogP contribution >= 0.6 is 11.8 Å². The Morgan fingerprint density at radius 2 is 2.18 bits per heavy atom. The van der Waals surface area contributed by atoms with Crippen LogP contribution < -0.4 is 0 Å². The van der Waals surface area contributed by atoms with Crippen LogP contribution in [0, 0.1) is 0 Å². The fraction of sp³-hybridized carbons (Fsp3) is 0.294. The molecule has 4 nitrogen and oxygen atoms in total. The Labute approximate surface area is 133 Å². The molecule has 0 radical (unpaired) electrons. The monoisotopic (exact) mass is 315 g/mol. The maximum Gasteiger partial charge on any atom is 0.305 e. The van der Waals surface area contributed by atoms with Crippen LogP contribution in [0.25, 0.3) is 0 Å². The van der Waals surface area contributed by atoms with Gasteiger partial charge in [0.25, 0.3) is 0 Å². The Balaban J connectivity index is 1.54. The highest BCUT2D eigenvalue weighted by Crippen LogP contribution is 2.33. The number of aryl methyl sites for hydroxylation is 1. The molecule has 0 aliphatic carbocycles. The van der Waals surface area contributed by atoms with Crippen LogP contribution in [0.15, 0.2) is 50.9 Å². The zero-order valence-electron chi connectivity index (χ0n) is 12.4. The number of carbonyl (C=O) groups excluding carboxylic acids is 1. The Bertz CT molecular complexity index is 705. The number of furan rings is 1. The summed E-state index contributed by atoms with van der Waals surface area (Å²) in [6.45, 7) is 0. The molecule has 0 atom stereocenters. The van der Waals surface area contributed by atoms with Crippen molar-refractivity contribution in [2.75, 3.05) is 7.11 Å². The third kappa shape index (κ3) is 3.60. The van der Waals surface area contributed by atoms with E-state index in [1.807, 2.05) is 30.3 Å².